The normalized spacial score (nSPS) is 10.9. The van der Waals surface area contributed by atoms with Crippen molar-refractivity contribution in [2.75, 3.05) is 0 Å². The second-order valence-electron chi connectivity index (χ2n) is 3.12. The van der Waals surface area contributed by atoms with Crippen LogP contribution in [0.4, 0.5) is 0 Å². The van der Waals surface area contributed by atoms with Crippen molar-refractivity contribution in [2.24, 2.45) is 7.05 Å². The van der Waals surface area contributed by atoms with E-state index in [0.29, 0.717) is 5.62 Å². The fourth-order valence-corrected chi connectivity index (χ4v) is 1.71. The SMILES string of the molecule is CCn1c(=N)n(C)c2ccccc21. The van der Waals surface area contributed by atoms with E-state index in [0.717, 1.165) is 17.6 Å². The molecule has 0 aliphatic heterocycles. The van der Waals surface area contributed by atoms with E-state index in [4.69, 9.17) is 5.41 Å². The van der Waals surface area contributed by atoms with Gasteiger partial charge in [-0.15, -0.1) is 0 Å². The summed E-state index contributed by atoms with van der Waals surface area (Å²) in [4.78, 5) is 0. The molecular formula is C10H13N3. The van der Waals surface area contributed by atoms with Crippen LogP contribution < -0.4 is 5.62 Å². The summed E-state index contributed by atoms with van der Waals surface area (Å²) in [5.41, 5.74) is 2.82. The van der Waals surface area contributed by atoms with Crippen molar-refractivity contribution in [2.45, 2.75) is 13.5 Å². The molecule has 0 radical (unpaired) electrons. The Bertz CT molecular complexity index is 490. The molecule has 0 saturated carbocycles. The molecule has 0 aliphatic carbocycles. The van der Waals surface area contributed by atoms with Gasteiger partial charge in [-0.1, -0.05) is 12.1 Å². The number of rotatable bonds is 1. The Hall–Kier alpha value is -1.51. The van der Waals surface area contributed by atoms with E-state index in [1.54, 1.807) is 0 Å². The predicted octanol–water partition coefficient (Wildman–Crippen LogP) is 1.48. The van der Waals surface area contributed by atoms with Crippen molar-refractivity contribution in [3.05, 3.63) is 29.9 Å². The Morgan fingerprint density at radius 2 is 1.85 bits per heavy atom. The van der Waals surface area contributed by atoms with E-state index in [-0.39, 0.29) is 0 Å². The van der Waals surface area contributed by atoms with Gasteiger partial charge in [-0.05, 0) is 19.1 Å². The standard InChI is InChI=1S/C10H13N3/c1-3-13-9-7-5-4-6-8(9)12(2)10(13)11/h4-7,11H,3H2,1-2H3. The summed E-state index contributed by atoms with van der Waals surface area (Å²) in [7, 11) is 1.93. The summed E-state index contributed by atoms with van der Waals surface area (Å²) in [5.74, 6) is 0. The molecule has 0 aliphatic rings. The van der Waals surface area contributed by atoms with E-state index in [1.807, 2.05) is 34.4 Å². The number of hydrogen-bond acceptors (Lipinski definition) is 1. The van der Waals surface area contributed by atoms with Crippen LogP contribution >= 0.6 is 0 Å². The number of hydrogen-bond donors (Lipinski definition) is 1. The molecule has 1 N–H and O–H groups in total. The first-order chi connectivity index (χ1) is 6.25. The zero-order chi connectivity index (χ0) is 9.42. The van der Waals surface area contributed by atoms with E-state index < -0.39 is 0 Å². The zero-order valence-electron chi connectivity index (χ0n) is 7.91. The molecular weight excluding hydrogens is 162 g/mol. The van der Waals surface area contributed by atoms with Gasteiger partial charge in [-0.3, -0.25) is 5.41 Å². The average molecular weight is 175 g/mol. The lowest BCUT2D eigenvalue weighted by molar-refractivity contribution is 0.676. The first-order valence-corrected chi connectivity index (χ1v) is 4.44. The first-order valence-electron chi connectivity index (χ1n) is 4.44. The van der Waals surface area contributed by atoms with Gasteiger partial charge in [0.05, 0.1) is 11.0 Å². The number of aromatic nitrogens is 2. The summed E-state index contributed by atoms with van der Waals surface area (Å²) < 4.78 is 3.90. The van der Waals surface area contributed by atoms with Crippen molar-refractivity contribution < 1.29 is 0 Å². The summed E-state index contributed by atoms with van der Waals surface area (Å²) >= 11 is 0. The van der Waals surface area contributed by atoms with Crippen LogP contribution in [0.25, 0.3) is 11.0 Å². The second kappa shape index (κ2) is 2.76. The lowest BCUT2D eigenvalue weighted by Crippen LogP contribution is -2.21. The molecule has 68 valence electrons. The van der Waals surface area contributed by atoms with Gasteiger partial charge >= 0.3 is 0 Å². The molecule has 0 atom stereocenters. The second-order valence-corrected chi connectivity index (χ2v) is 3.12. The molecule has 2 rings (SSSR count). The number of para-hydroxylation sites is 2. The minimum Gasteiger partial charge on any atom is -0.313 e. The largest absolute Gasteiger partial charge is 0.313 e. The lowest BCUT2D eigenvalue weighted by Gasteiger charge is -1.96. The van der Waals surface area contributed by atoms with Gasteiger partial charge in [0, 0.05) is 13.6 Å². The maximum Gasteiger partial charge on any atom is 0.202 e. The predicted molar refractivity (Wildman–Crippen MR) is 52.4 cm³/mol. The topological polar surface area (TPSA) is 33.7 Å². The molecule has 3 heteroatoms. The molecule has 1 heterocycles. The Morgan fingerprint density at radius 3 is 2.46 bits per heavy atom. The molecule has 0 spiro atoms. The van der Waals surface area contributed by atoms with Crippen molar-refractivity contribution in [3.63, 3.8) is 0 Å². The Balaban J connectivity index is 2.98. The average Bonchev–Trinajstić information content (AvgIpc) is 2.41. The zero-order valence-corrected chi connectivity index (χ0v) is 7.91. The third-order valence-corrected chi connectivity index (χ3v) is 2.42. The maximum atomic E-state index is 7.85. The molecule has 0 fully saturated rings. The van der Waals surface area contributed by atoms with Crippen LogP contribution in [0.5, 0.6) is 0 Å². The minimum atomic E-state index is 0.559. The molecule has 1 aromatic carbocycles. The third kappa shape index (κ3) is 1.00. The molecule has 2 aromatic rings. The molecule has 1 aromatic heterocycles. The summed E-state index contributed by atoms with van der Waals surface area (Å²) in [6.45, 7) is 2.91. The van der Waals surface area contributed by atoms with Gasteiger partial charge in [-0.25, -0.2) is 0 Å². The van der Waals surface area contributed by atoms with Gasteiger partial charge in [0.1, 0.15) is 0 Å². The number of nitrogens with zero attached hydrogens (tertiary/aromatic N) is 2. The number of nitrogens with one attached hydrogen (secondary N) is 1. The van der Waals surface area contributed by atoms with Crippen LogP contribution in [-0.2, 0) is 13.6 Å². The van der Waals surface area contributed by atoms with Gasteiger partial charge in [-0.2, -0.15) is 0 Å². The number of aryl methyl sites for hydroxylation is 2. The number of benzene rings is 1. The third-order valence-electron chi connectivity index (χ3n) is 2.42. The highest BCUT2D eigenvalue weighted by Crippen LogP contribution is 2.10. The minimum absolute atomic E-state index is 0.559. The van der Waals surface area contributed by atoms with Gasteiger partial charge < -0.3 is 9.13 Å². The van der Waals surface area contributed by atoms with Gasteiger partial charge in [0.15, 0.2) is 0 Å². The fourth-order valence-electron chi connectivity index (χ4n) is 1.71. The van der Waals surface area contributed by atoms with Crippen LogP contribution in [0.2, 0.25) is 0 Å². The molecule has 0 unspecified atom stereocenters. The van der Waals surface area contributed by atoms with Crippen molar-refractivity contribution in [3.8, 4) is 0 Å². The highest BCUT2D eigenvalue weighted by molar-refractivity contribution is 5.75. The molecule has 0 saturated heterocycles. The van der Waals surface area contributed by atoms with Crippen molar-refractivity contribution in [1.29, 1.82) is 5.41 Å². The number of fused-ring (bicyclic) bond motifs is 1. The van der Waals surface area contributed by atoms with Crippen LogP contribution in [0.15, 0.2) is 24.3 Å². The maximum absolute atomic E-state index is 7.85. The Morgan fingerprint density at radius 1 is 1.23 bits per heavy atom. The smallest absolute Gasteiger partial charge is 0.202 e. The van der Waals surface area contributed by atoms with Crippen LogP contribution in [0, 0.1) is 5.41 Å². The Kier molecular flexibility index (Phi) is 1.72. The first kappa shape index (κ1) is 8.10. The van der Waals surface area contributed by atoms with Crippen LogP contribution in [-0.4, -0.2) is 9.13 Å². The number of imidazole rings is 1. The summed E-state index contributed by atoms with van der Waals surface area (Å²) in [5, 5.41) is 7.85. The lowest BCUT2D eigenvalue weighted by atomic mass is 10.3. The van der Waals surface area contributed by atoms with E-state index >= 15 is 0 Å². The van der Waals surface area contributed by atoms with E-state index in [1.165, 1.54) is 0 Å². The molecule has 0 bridgehead atoms. The van der Waals surface area contributed by atoms with E-state index in [9.17, 15) is 0 Å². The van der Waals surface area contributed by atoms with E-state index in [2.05, 4.69) is 13.0 Å². The summed E-state index contributed by atoms with van der Waals surface area (Å²) in [6.07, 6.45) is 0. The van der Waals surface area contributed by atoms with Gasteiger partial charge in [0.2, 0.25) is 5.62 Å². The van der Waals surface area contributed by atoms with Crippen molar-refractivity contribution in [1.82, 2.24) is 9.13 Å². The summed E-state index contributed by atoms with van der Waals surface area (Å²) in [6, 6.07) is 8.10. The molecule has 13 heavy (non-hydrogen) atoms. The highest BCUT2D eigenvalue weighted by Gasteiger charge is 2.04. The van der Waals surface area contributed by atoms with Crippen molar-refractivity contribution >= 4 is 11.0 Å². The molecule has 3 nitrogen and oxygen atoms in total. The van der Waals surface area contributed by atoms with Crippen LogP contribution in [0.3, 0.4) is 0 Å². The quantitative estimate of drug-likeness (QED) is 0.681. The van der Waals surface area contributed by atoms with Gasteiger partial charge in [0.25, 0.3) is 0 Å². The molecule has 0 amide bonds. The highest BCUT2D eigenvalue weighted by atomic mass is 15.2. The Labute approximate surface area is 76.7 Å². The fraction of sp³-hybridized carbons (Fsp3) is 0.300. The monoisotopic (exact) mass is 175 g/mol. The van der Waals surface area contributed by atoms with Crippen LogP contribution in [0.1, 0.15) is 6.92 Å².